The van der Waals surface area contributed by atoms with Crippen LogP contribution in [-0.4, -0.2) is 32.2 Å². The molecule has 0 atom stereocenters. The van der Waals surface area contributed by atoms with Gasteiger partial charge in [-0.2, -0.15) is 0 Å². The van der Waals surface area contributed by atoms with Crippen LogP contribution in [0.4, 0.5) is 27.7 Å². The third-order valence-corrected chi connectivity index (χ3v) is 4.44. The summed E-state index contributed by atoms with van der Waals surface area (Å²) < 4.78 is 7.35. The lowest BCUT2D eigenvalue weighted by Crippen LogP contribution is -2.19. The molecule has 2 amide bonds. The van der Waals surface area contributed by atoms with Gasteiger partial charge in [0, 0.05) is 29.8 Å². The van der Waals surface area contributed by atoms with Gasteiger partial charge < -0.3 is 20.7 Å². The topological polar surface area (TPSA) is 106 Å². The number of nitrogens with one attached hydrogen (secondary N) is 3. The highest BCUT2D eigenvalue weighted by Gasteiger charge is 2.08. The summed E-state index contributed by atoms with van der Waals surface area (Å²) >= 11 is 0. The summed E-state index contributed by atoms with van der Waals surface area (Å²) in [6.07, 6.45) is 5.20. The van der Waals surface area contributed by atoms with Crippen molar-refractivity contribution in [1.82, 2.24) is 19.5 Å². The lowest BCUT2D eigenvalue weighted by atomic mass is 10.2. The van der Waals surface area contributed by atoms with Gasteiger partial charge in [-0.15, -0.1) is 0 Å². The van der Waals surface area contributed by atoms with E-state index in [9.17, 15) is 4.79 Å². The van der Waals surface area contributed by atoms with E-state index in [1.165, 1.54) is 0 Å². The largest absolute Gasteiger partial charge is 0.492 e. The number of benzene rings is 2. The summed E-state index contributed by atoms with van der Waals surface area (Å²) in [7, 11) is 0. The van der Waals surface area contributed by atoms with Crippen LogP contribution >= 0.6 is 0 Å². The second-order valence-electron chi connectivity index (χ2n) is 6.84. The van der Waals surface area contributed by atoms with E-state index in [2.05, 4.69) is 30.9 Å². The van der Waals surface area contributed by atoms with Crippen LogP contribution in [0.15, 0.2) is 73.3 Å². The Balaban J connectivity index is 1.40. The number of hydrogen-bond donors (Lipinski definition) is 3. The highest BCUT2D eigenvalue weighted by atomic mass is 16.5. The van der Waals surface area contributed by atoms with Gasteiger partial charge in [-0.3, -0.25) is 4.57 Å². The third-order valence-electron chi connectivity index (χ3n) is 4.44. The highest BCUT2D eigenvalue weighted by molar-refractivity contribution is 6.00. The molecular weight excluding hydrogens is 406 g/mol. The Bertz CT molecular complexity index is 1190. The molecule has 0 aliphatic carbocycles. The first-order valence-corrected chi connectivity index (χ1v) is 10.1. The molecule has 162 valence electrons. The van der Waals surface area contributed by atoms with Crippen LogP contribution in [0.2, 0.25) is 0 Å². The van der Waals surface area contributed by atoms with Gasteiger partial charge in [0.15, 0.2) is 0 Å². The zero-order valence-corrected chi connectivity index (χ0v) is 17.7. The number of aromatic nitrogens is 4. The number of rotatable bonds is 7. The number of carbonyl (C=O) groups excluding carboxylic acids is 1. The molecule has 0 saturated carbocycles. The fourth-order valence-corrected chi connectivity index (χ4v) is 3.06. The maximum atomic E-state index is 12.4. The number of anilines is 4. The van der Waals surface area contributed by atoms with E-state index >= 15 is 0 Å². The van der Waals surface area contributed by atoms with Crippen LogP contribution in [0.25, 0.3) is 5.82 Å². The SMILES string of the molecule is CCOc1ccccc1NC(=O)Nc1ccc(Nc2cc(-n3ccnc3)nc(C)n2)cc1. The first kappa shape index (κ1) is 20.9. The van der Waals surface area contributed by atoms with Gasteiger partial charge in [-0.1, -0.05) is 12.1 Å². The number of para-hydroxylation sites is 2. The molecule has 9 nitrogen and oxygen atoms in total. The fraction of sp³-hybridized carbons (Fsp3) is 0.130. The Morgan fingerprint density at radius 1 is 1.03 bits per heavy atom. The lowest BCUT2D eigenvalue weighted by molar-refractivity contribution is 0.262. The number of hydrogen-bond acceptors (Lipinski definition) is 6. The average Bonchev–Trinajstić information content (AvgIpc) is 3.31. The molecule has 0 aliphatic heterocycles. The molecule has 2 aromatic carbocycles. The Morgan fingerprint density at radius 2 is 1.81 bits per heavy atom. The number of nitrogens with zero attached hydrogens (tertiary/aromatic N) is 4. The van der Waals surface area contributed by atoms with Crippen molar-refractivity contribution in [3.05, 3.63) is 79.1 Å². The van der Waals surface area contributed by atoms with E-state index in [0.717, 1.165) is 11.5 Å². The molecule has 0 spiro atoms. The number of amides is 2. The minimum atomic E-state index is -0.353. The maximum absolute atomic E-state index is 12.4. The lowest BCUT2D eigenvalue weighted by Gasteiger charge is -2.13. The Hall–Kier alpha value is -4.40. The van der Waals surface area contributed by atoms with Crippen LogP contribution in [0.3, 0.4) is 0 Å². The van der Waals surface area contributed by atoms with E-state index in [1.54, 1.807) is 30.7 Å². The second kappa shape index (κ2) is 9.61. The molecule has 3 N–H and O–H groups in total. The minimum absolute atomic E-state index is 0.353. The molecule has 0 radical (unpaired) electrons. The summed E-state index contributed by atoms with van der Waals surface area (Å²) in [5.74, 6) is 2.65. The van der Waals surface area contributed by atoms with Gasteiger partial charge in [0.1, 0.15) is 29.5 Å². The molecule has 2 heterocycles. The van der Waals surface area contributed by atoms with Gasteiger partial charge in [0.2, 0.25) is 0 Å². The predicted molar refractivity (Wildman–Crippen MR) is 124 cm³/mol. The standard InChI is InChI=1S/C23H23N7O2/c1-3-32-20-7-5-4-6-19(20)29-23(31)28-18-10-8-17(9-11-18)27-21-14-22(26-16(2)25-21)30-13-12-24-15-30/h4-15H,3H2,1-2H3,(H,25,26,27)(H2,28,29,31). The van der Waals surface area contributed by atoms with E-state index in [-0.39, 0.29) is 6.03 Å². The number of urea groups is 1. The van der Waals surface area contributed by atoms with Gasteiger partial charge in [0.05, 0.1) is 12.3 Å². The zero-order valence-electron chi connectivity index (χ0n) is 17.7. The first-order valence-electron chi connectivity index (χ1n) is 10.1. The van der Waals surface area contributed by atoms with E-state index in [4.69, 9.17) is 4.74 Å². The fourth-order valence-electron chi connectivity index (χ4n) is 3.06. The predicted octanol–water partition coefficient (Wildman–Crippen LogP) is 4.76. The van der Waals surface area contributed by atoms with Crippen molar-refractivity contribution < 1.29 is 9.53 Å². The highest BCUT2D eigenvalue weighted by Crippen LogP contribution is 2.24. The van der Waals surface area contributed by atoms with Gasteiger partial charge in [-0.25, -0.2) is 19.7 Å². The summed E-state index contributed by atoms with van der Waals surface area (Å²) in [5.41, 5.74) is 2.09. The number of ether oxygens (including phenoxy) is 1. The maximum Gasteiger partial charge on any atom is 0.323 e. The smallest absolute Gasteiger partial charge is 0.323 e. The van der Waals surface area contributed by atoms with Gasteiger partial charge in [-0.05, 0) is 50.2 Å². The molecule has 0 unspecified atom stereocenters. The normalized spacial score (nSPS) is 10.4. The molecule has 32 heavy (non-hydrogen) atoms. The van der Waals surface area contributed by atoms with Crippen LogP contribution in [0.5, 0.6) is 5.75 Å². The molecule has 4 rings (SSSR count). The number of carbonyl (C=O) groups is 1. The molecule has 0 bridgehead atoms. The van der Waals surface area contributed by atoms with Crippen LogP contribution in [0, 0.1) is 6.92 Å². The molecule has 9 heteroatoms. The van der Waals surface area contributed by atoms with Crippen LogP contribution in [-0.2, 0) is 0 Å². The van der Waals surface area contributed by atoms with E-state index in [0.29, 0.717) is 35.4 Å². The van der Waals surface area contributed by atoms with Gasteiger partial charge >= 0.3 is 6.03 Å². The Morgan fingerprint density at radius 3 is 2.56 bits per heavy atom. The molecule has 4 aromatic rings. The minimum Gasteiger partial charge on any atom is -0.492 e. The average molecular weight is 429 g/mol. The van der Waals surface area contributed by atoms with Crippen molar-refractivity contribution in [2.75, 3.05) is 22.6 Å². The summed E-state index contributed by atoms with van der Waals surface area (Å²) in [4.78, 5) is 25.3. The van der Waals surface area contributed by atoms with Crippen molar-refractivity contribution in [2.24, 2.45) is 0 Å². The van der Waals surface area contributed by atoms with Crippen molar-refractivity contribution in [2.45, 2.75) is 13.8 Å². The molecule has 0 fully saturated rings. The second-order valence-corrected chi connectivity index (χ2v) is 6.84. The van der Waals surface area contributed by atoms with E-state index < -0.39 is 0 Å². The monoisotopic (exact) mass is 429 g/mol. The summed E-state index contributed by atoms with van der Waals surface area (Å²) in [5, 5.41) is 8.89. The number of imidazole rings is 1. The van der Waals surface area contributed by atoms with Crippen molar-refractivity contribution in [3.63, 3.8) is 0 Å². The molecule has 0 saturated heterocycles. The van der Waals surface area contributed by atoms with Crippen molar-refractivity contribution in [3.8, 4) is 11.6 Å². The Kier molecular flexibility index (Phi) is 6.26. The number of aryl methyl sites for hydroxylation is 1. The molecule has 2 aromatic heterocycles. The summed E-state index contributed by atoms with van der Waals surface area (Å²) in [6, 6.07) is 16.1. The van der Waals surface area contributed by atoms with E-state index in [1.807, 2.05) is 61.0 Å². The zero-order chi connectivity index (χ0) is 22.3. The van der Waals surface area contributed by atoms with Crippen molar-refractivity contribution >= 4 is 28.9 Å². The van der Waals surface area contributed by atoms with Crippen LogP contribution < -0.4 is 20.7 Å². The first-order chi connectivity index (χ1) is 15.6. The molecule has 0 aliphatic rings. The van der Waals surface area contributed by atoms with Gasteiger partial charge in [0.25, 0.3) is 0 Å². The quantitative estimate of drug-likeness (QED) is 0.391. The summed E-state index contributed by atoms with van der Waals surface area (Å²) in [6.45, 7) is 4.25. The van der Waals surface area contributed by atoms with Crippen molar-refractivity contribution in [1.29, 1.82) is 0 Å². The Labute approximate surface area is 185 Å². The molecular formula is C23H23N7O2. The third kappa shape index (κ3) is 5.20. The van der Waals surface area contributed by atoms with Crippen LogP contribution in [0.1, 0.15) is 12.7 Å².